The second-order valence-corrected chi connectivity index (χ2v) is 2.89. The molecular weight excluding hydrogens is 204 g/mol. The second kappa shape index (κ2) is 3.98. The first-order chi connectivity index (χ1) is 6.60. The zero-order chi connectivity index (χ0) is 10.7. The van der Waals surface area contributed by atoms with Crippen LogP contribution in [0.4, 0.5) is 5.69 Å². The quantitative estimate of drug-likeness (QED) is 0.458. The molecule has 6 heteroatoms. The van der Waals surface area contributed by atoms with Gasteiger partial charge in [0.2, 0.25) is 0 Å². The van der Waals surface area contributed by atoms with Crippen LogP contribution < -0.4 is 4.74 Å². The Kier molecular flexibility index (Phi) is 2.94. The van der Waals surface area contributed by atoms with Crippen LogP contribution in [0.25, 0.3) is 0 Å². The van der Waals surface area contributed by atoms with E-state index in [0.717, 1.165) is 0 Å². The summed E-state index contributed by atoms with van der Waals surface area (Å²) in [6, 6.07) is 4.37. The largest absolute Gasteiger partial charge is 0.496 e. The second-order valence-electron chi connectivity index (χ2n) is 2.41. The normalized spacial score (nSPS) is 9.21. The fourth-order valence-electron chi connectivity index (χ4n) is 0.963. The summed E-state index contributed by atoms with van der Waals surface area (Å²) in [7, 11) is 1.39. The molecule has 0 radical (unpaired) electrons. The summed E-state index contributed by atoms with van der Waals surface area (Å²) in [5.41, 5.74) is -0.351. The number of nitriles is 1. The molecule has 14 heavy (non-hydrogen) atoms. The fraction of sp³-hybridized carbons (Fsp3) is 0.125. The Morgan fingerprint density at radius 2 is 2.29 bits per heavy atom. The summed E-state index contributed by atoms with van der Waals surface area (Å²) in [5, 5.41) is 19.2. The molecule has 0 aliphatic heterocycles. The van der Waals surface area contributed by atoms with Crippen LogP contribution in [0.3, 0.4) is 0 Å². The molecule has 0 saturated heterocycles. The van der Waals surface area contributed by atoms with Gasteiger partial charge in [-0.25, -0.2) is 0 Å². The van der Waals surface area contributed by atoms with Crippen LogP contribution >= 0.6 is 12.6 Å². The average Bonchev–Trinajstić information content (AvgIpc) is 2.16. The van der Waals surface area contributed by atoms with Crippen molar-refractivity contribution >= 4 is 18.3 Å². The number of hydrogen-bond donors (Lipinski definition) is 1. The minimum Gasteiger partial charge on any atom is -0.496 e. The average molecular weight is 210 g/mol. The molecule has 0 unspecified atom stereocenters. The maximum atomic E-state index is 10.6. The van der Waals surface area contributed by atoms with Crippen LogP contribution in [0.15, 0.2) is 17.0 Å². The molecule has 1 aromatic rings. The predicted octanol–water partition coefficient (Wildman–Crippen LogP) is 1.76. The molecular formula is C8H6N2O3S. The highest BCUT2D eigenvalue weighted by molar-refractivity contribution is 7.80. The molecule has 0 N–H and O–H groups in total. The summed E-state index contributed by atoms with van der Waals surface area (Å²) in [6.07, 6.45) is 0. The van der Waals surface area contributed by atoms with Crippen molar-refractivity contribution in [1.29, 1.82) is 5.26 Å². The van der Waals surface area contributed by atoms with Gasteiger partial charge in [0.25, 0.3) is 5.69 Å². The molecule has 0 aromatic heterocycles. The van der Waals surface area contributed by atoms with Crippen LogP contribution in [0.2, 0.25) is 0 Å². The van der Waals surface area contributed by atoms with Gasteiger partial charge in [-0.1, -0.05) is 0 Å². The van der Waals surface area contributed by atoms with Gasteiger partial charge in [-0.2, -0.15) is 5.26 Å². The minimum absolute atomic E-state index is 0.0564. The number of nitro benzene ring substituents is 1. The van der Waals surface area contributed by atoms with Crippen LogP contribution in [0, 0.1) is 21.4 Å². The highest BCUT2D eigenvalue weighted by Gasteiger charge is 2.18. The van der Waals surface area contributed by atoms with Gasteiger partial charge in [-0.3, -0.25) is 10.1 Å². The molecule has 0 bridgehead atoms. The monoisotopic (exact) mass is 210 g/mol. The zero-order valence-electron chi connectivity index (χ0n) is 7.22. The molecule has 5 nitrogen and oxygen atoms in total. The van der Waals surface area contributed by atoms with E-state index in [2.05, 4.69) is 12.6 Å². The molecule has 0 fully saturated rings. The van der Waals surface area contributed by atoms with Crippen molar-refractivity contribution in [3.05, 3.63) is 27.8 Å². The van der Waals surface area contributed by atoms with Gasteiger partial charge < -0.3 is 4.74 Å². The first-order valence-electron chi connectivity index (χ1n) is 3.55. The van der Waals surface area contributed by atoms with Crippen molar-refractivity contribution in [2.24, 2.45) is 0 Å². The van der Waals surface area contributed by atoms with Gasteiger partial charge in [0.15, 0.2) is 0 Å². The van der Waals surface area contributed by atoms with Crippen molar-refractivity contribution in [2.45, 2.75) is 4.90 Å². The van der Waals surface area contributed by atoms with E-state index in [1.165, 1.54) is 19.2 Å². The van der Waals surface area contributed by atoms with Gasteiger partial charge in [0.1, 0.15) is 17.4 Å². The van der Waals surface area contributed by atoms with E-state index in [0.29, 0.717) is 5.75 Å². The first-order valence-corrected chi connectivity index (χ1v) is 4.00. The topological polar surface area (TPSA) is 76.2 Å². The van der Waals surface area contributed by atoms with Crippen LogP contribution in [-0.2, 0) is 0 Å². The zero-order valence-corrected chi connectivity index (χ0v) is 8.12. The lowest BCUT2D eigenvalue weighted by Crippen LogP contribution is -1.95. The Bertz CT molecular complexity index is 425. The molecule has 0 spiro atoms. The molecule has 0 heterocycles. The maximum Gasteiger partial charge on any atom is 0.291 e. The Labute approximate surface area is 85.5 Å². The van der Waals surface area contributed by atoms with E-state index >= 15 is 0 Å². The number of hydrogen-bond acceptors (Lipinski definition) is 5. The lowest BCUT2D eigenvalue weighted by molar-refractivity contribution is -0.385. The summed E-state index contributed by atoms with van der Waals surface area (Å²) < 4.78 is 4.82. The number of methoxy groups -OCH3 is 1. The van der Waals surface area contributed by atoms with E-state index in [1.807, 2.05) is 0 Å². The van der Waals surface area contributed by atoms with Crippen molar-refractivity contribution in [2.75, 3.05) is 7.11 Å². The Hall–Kier alpha value is -1.74. The van der Waals surface area contributed by atoms with Crippen molar-refractivity contribution in [3.63, 3.8) is 0 Å². The Balaban J connectivity index is 3.45. The molecule has 1 rings (SSSR count). The number of nitro groups is 1. The molecule has 0 atom stereocenters. The lowest BCUT2D eigenvalue weighted by Gasteiger charge is -2.02. The van der Waals surface area contributed by atoms with Crippen molar-refractivity contribution in [1.82, 2.24) is 0 Å². The number of thiol groups is 1. The third-order valence-electron chi connectivity index (χ3n) is 1.61. The standard InChI is InChI=1S/C8H6N2O3S/c1-13-5-2-7(10(11)12)6(4-9)8(14)3-5/h2-3,14H,1H3. The molecule has 0 amide bonds. The van der Waals surface area contributed by atoms with Crippen molar-refractivity contribution < 1.29 is 9.66 Å². The molecule has 0 aliphatic rings. The molecule has 0 saturated carbocycles. The smallest absolute Gasteiger partial charge is 0.291 e. The SMILES string of the molecule is COc1cc(S)c(C#N)c([N+](=O)[O-])c1. The lowest BCUT2D eigenvalue weighted by atomic mass is 10.2. The summed E-state index contributed by atoms with van der Waals surface area (Å²) in [4.78, 5) is 10.2. The molecule has 0 aliphatic carbocycles. The molecule has 72 valence electrons. The first kappa shape index (κ1) is 10.3. The highest BCUT2D eigenvalue weighted by atomic mass is 32.1. The Morgan fingerprint density at radius 1 is 1.64 bits per heavy atom. The van der Waals surface area contributed by atoms with E-state index < -0.39 is 4.92 Å². The Morgan fingerprint density at radius 3 is 2.71 bits per heavy atom. The van der Waals surface area contributed by atoms with Gasteiger partial charge >= 0.3 is 0 Å². The van der Waals surface area contributed by atoms with E-state index in [9.17, 15) is 10.1 Å². The number of rotatable bonds is 2. The molecule has 1 aromatic carbocycles. The predicted molar refractivity (Wildman–Crippen MR) is 51.6 cm³/mol. The van der Waals surface area contributed by atoms with E-state index in [1.54, 1.807) is 6.07 Å². The number of nitrogens with zero attached hydrogens (tertiary/aromatic N) is 2. The van der Waals surface area contributed by atoms with Gasteiger partial charge in [0.05, 0.1) is 18.1 Å². The summed E-state index contributed by atoms with van der Waals surface area (Å²) in [5.74, 6) is 0.306. The van der Waals surface area contributed by atoms with Gasteiger partial charge in [-0.15, -0.1) is 12.6 Å². The summed E-state index contributed by atoms with van der Waals surface area (Å²) >= 11 is 3.96. The van der Waals surface area contributed by atoms with Crippen LogP contribution in [0.1, 0.15) is 5.56 Å². The van der Waals surface area contributed by atoms with Gasteiger partial charge in [-0.05, 0) is 6.07 Å². The van der Waals surface area contributed by atoms with E-state index in [-0.39, 0.29) is 16.1 Å². The maximum absolute atomic E-state index is 10.6. The fourth-order valence-corrected chi connectivity index (χ4v) is 1.25. The summed E-state index contributed by atoms with van der Waals surface area (Å²) in [6.45, 7) is 0. The minimum atomic E-state index is -0.638. The van der Waals surface area contributed by atoms with Crippen LogP contribution in [0.5, 0.6) is 5.75 Å². The van der Waals surface area contributed by atoms with E-state index in [4.69, 9.17) is 10.00 Å². The van der Waals surface area contributed by atoms with Gasteiger partial charge in [0, 0.05) is 4.90 Å². The third-order valence-corrected chi connectivity index (χ3v) is 1.97. The number of ether oxygens (including phenoxy) is 1. The third kappa shape index (κ3) is 1.78. The number of benzene rings is 1. The van der Waals surface area contributed by atoms with Crippen LogP contribution in [-0.4, -0.2) is 12.0 Å². The van der Waals surface area contributed by atoms with Crippen molar-refractivity contribution in [3.8, 4) is 11.8 Å². The highest BCUT2D eigenvalue weighted by Crippen LogP contribution is 2.29.